The van der Waals surface area contributed by atoms with Gasteiger partial charge in [-0.3, -0.25) is 9.59 Å². The van der Waals surface area contributed by atoms with Crippen LogP contribution in [0, 0.1) is 13.8 Å². The zero-order valence-electron chi connectivity index (χ0n) is 23.5. The summed E-state index contributed by atoms with van der Waals surface area (Å²) < 4.78 is 181. The first-order valence-electron chi connectivity index (χ1n) is 12.7. The van der Waals surface area contributed by atoms with Crippen LogP contribution < -0.4 is 10.6 Å². The van der Waals surface area contributed by atoms with Gasteiger partial charge in [0.2, 0.25) is 5.41 Å². The number of carbonyl (C=O) groups is 2. The van der Waals surface area contributed by atoms with Crippen LogP contribution in [0.4, 0.5) is 62.8 Å². The number of benzene rings is 3. The van der Waals surface area contributed by atoms with Gasteiger partial charge in [-0.2, -0.15) is 52.7 Å². The van der Waals surface area contributed by atoms with E-state index in [1.165, 1.54) is 7.05 Å². The summed E-state index contributed by atoms with van der Waals surface area (Å²) >= 11 is 0. The highest BCUT2D eigenvalue weighted by atomic mass is 19.4. The van der Waals surface area contributed by atoms with Gasteiger partial charge in [0.25, 0.3) is 11.8 Å². The van der Waals surface area contributed by atoms with Crippen LogP contribution in [0.3, 0.4) is 0 Å². The first-order valence-corrected chi connectivity index (χ1v) is 12.7. The lowest BCUT2D eigenvalue weighted by atomic mass is 9.72. The Kier molecular flexibility index (Phi) is 9.28. The van der Waals surface area contributed by atoms with Crippen molar-refractivity contribution in [2.45, 2.75) is 49.6 Å². The van der Waals surface area contributed by atoms with Gasteiger partial charge in [-0.15, -0.1) is 0 Å². The molecule has 0 atom stereocenters. The Morgan fingerprint density at radius 1 is 0.543 bits per heavy atom. The predicted octanol–water partition coefficient (Wildman–Crippen LogP) is 8.62. The van der Waals surface area contributed by atoms with E-state index >= 15 is 0 Å². The van der Waals surface area contributed by atoms with E-state index in [0.717, 1.165) is 26.0 Å². The van der Waals surface area contributed by atoms with Crippen LogP contribution in [-0.2, 0) is 11.1 Å². The monoisotopic (exact) mass is 676 g/mol. The molecule has 0 unspecified atom stereocenters. The highest BCUT2D eigenvalue weighted by Crippen LogP contribution is 2.56. The minimum absolute atomic E-state index is 0.0797. The minimum atomic E-state index is -6.48. The maximum Gasteiger partial charge on any atom is 0.435 e. The van der Waals surface area contributed by atoms with Crippen molar-refractivity contribution in [3.8, 4) is 0 Å². The molecule has 0 radical (unpaired) electrons. The normalized spacial score (nSPS) is 13.4. The van der Waals surface area contributed by atoms with E-state index in [9.17, 15) is 66.7 Å². The largest absolute Gasteiger partial charge is 0.435 e. The fourth-order valence-electron chi connectivity index (χ4n) is 4.74. The summed E-state index contributed by atoms with van der Waals surface area (Å²) in [6.45, 7) is 2.17. The highest BCUT2D eigenvalue weighted by Gasteiger charge is 2.74. The van der Waals surface area contributed by atoms with Gasteiger partial charge >= 0.3 is 30.4 Å². The van der Waals surface area contributed by atoms with Gasteiger partial charge in [0, 0.05) is 29.4 Å². The molecule has 4 nitrogen and oxygen atoms in total. The van der Waals surface area contributed by atoms with Crippen molar-refractivity contribution in [1.29, 1.82) is 0 Å². The number of halogens is 13. The van der Waals surface area contributed by atoms with E-state index in [0.29, 0.717) is 36.4 Å². The fraction of sp³-hybridized carbons (Fsp3) is 0.310. The molecule has 17 heteroatoms. The summed E-state index contributed by atoms with van der Waals surface area (Å²) in [5.41, 5.74) is -17.3. The number of carbonyl (C=O) groups excluding carboxylic acids is 2. The van der Waals surface area contributed by atoms with Crippen LogP contribution in [0.2, 0.25) is 0 Å². The highest BCUT2D eigenvalue weighted by molar-refractivity contribution is 6.04. The van der Waals surface area contributed by atoms with Crippen LogP contribution >= 0.6 is 0 Å². The number of hydrogen-bond acceptors (Lipinski definition) is 2. The molecule has 0 aliphatic heterocycles. The number of hydrogen-bond donors (Lipinski definition) is 2. The van der Waals surface area contributed by atoms with Crippen LogP contribution in [0.1, 0.15) is 48.5 Å². The smallest absolute Gasteiger partial charge is 0.355 e. The van der Waals surface area contributed by atoms with E-state index in [2.05, 4.69) is 5.32 Å². The van der Waals surface area contributed by atoms with Crippen LogP contribution in [-0.4, -0.2) is 43.6 Å². The van der Waals surface area contributed by atoms with Gasteiger partial charge in [-0.25, -0.2) is 4.39 Å². The predicted molar refractivity (Wildman–Crippen MR) is 138 cm³/mol. The van der Waals surface area contributed by atoms with Gasteiger partial charge < -0.3 is 10.6 Å². The Morgan fingerprint density at radius 2 is 0.935 bits per heavy atom. The van der Waals surface area contributed by atoms with Crippen molar-refractivity contribution >= 4 is 17.5 Å². The quantitative estimate of drug-likeness (QED) is 0.257. The third kappa shape index (κ3) is 5.98. The fourth-order valence-corrected chi connectivity index (χ4v) is 4.74. The van der Waals surface area contributed by atoms with Crippen molar-refractivity contribution in [3.05, 3.63) is 99.6 Å². The van der Waals surface area contributed by atoms with E-state index < -0.39 is 75.5 Å². The Bertz CT molecular complexity index is 1580. The standard InChI is InChI=1S/C29H21F13N2O2/c1-14-12-20(25(30,28(37,38)39)29(40,41)42)13-21(15(14)2)44-23(46)17-6-10-19(11-7-17)24(26(31,32)33,27(34,35)36)18-8-4-16(5-9-18)22(45)43-3/h4-13H,1-3H3,(H,43,45)(H,44,46). The number of anilines is 1. The summed E-state index contributed by atoms with van der Waals surface area (Å²) in [5, 5.41) is 4.09. The van der Waals surface area contributed by atoms with Gasteiger partial charge in [0.15, 0.2) is 0 Å². The molecule has 0 spiro atoms. The Hall–Kier alpha value is -4.31. The molecule has 2 N–H and O–H groups in total. The molecule has 0 aliphatic carbocycles. The van der Waals surface area contributed by atoms with Crippen LogP contribution in [0.25, 0.3) is 0 Å². The van der Waals surface area contributed by atoms with Crippen molar-refractivity contribution in [2.24, 2.45) is 0 Å². The topological polar surface area (TPSA) is 58.2 Å². The lowest BCUT2D eigenvalue weighted by molar-refractivity contribution is -0.348. The molecule has 3 rings (SSSR count). The Labute approximate surface area is 251 Å². The van der Waals surface area contributed by atoms with Crippen molar-refractivity contribution in [2.75, 3.05) is 12.4 Å². The Morgan fingerprint density at radius 3 is 1.28 bits per heavy atom. The molecule has 2 amide bonds. The second-order valence-electron chi connectivity index (χ2n) is 10.1. The van der Waals surface area contributed by atoms with Crippen molar-refractivity contribution in [1.82, 2.24) is 5.32 Å². The molecule has 3 aromatic carbocycles. The molecule has 0 heterocycles. The van der Waals surface area contributed by atoms with Crippen LogP contribution in [0.15, 0.2) is 60.7 Å². The van der Waals surface area contributed by atoms with E-state index in [4.69, 9.17) is 0 Å². The molecule has 3 aromatic rings. The number of alkyl halides is 13. The zero-order chi connectivity index (χ0) is 35.3. The molecular formula is C29H21F13N2O2. The number of rotatable bonds is 6. The van der Waals surface area contributed by atoms with E-state index in [1.54, 1.807) is 0 Å². The summed E-state index contributed by atoms with van der Waals surface area (Å²) in [5.74, 6) is -2.16. The second kappa shape index (κ2) is 11.8. The second-order valence-corrected chi connectivity index (χ2v) is 10.1. The van der Waals surface area contributed by atoms with Gasteiger partial charge in [0.05, 0.1) is 0 Å². The first-order chi connectivity index (χ1) is 20.8. The molecule has 250 valence electrons. The molecule has 0 fully saturated rings. The molecule has 0 bridgehead atoms. The third-order valence-electron chi connectivity index (χ3n) is 7.33. The van der Waals surface area contributed by atoms with Gasteiger partial charge in [-0.1, -0.05) is 30.3 Å². The van der Waals surface area contributed by atoms with Crippen molar-refractivity contribution in [3.63, 3.8) is 0 Å². The Balaban J connectivity index is 2.11. The summed E-state index contributed by atoms with van der Waals surface area (Å²) in [6, 6.07) is 4.42. The summed E-state index contributed by atoms with van der Waals surface area (Å²) in [6.07, 6.45) is -25.0. The molecule has 0 aliphatic rings. The average Bonchev–Trinajstić information content (AvgIpc) is 2.92. The summed E-state index contributed by atoms with van der Waals surface area (Å²) in [4.78, 5) is 24.6. The molecule has 0 saturated heterocycles. The van der Waals surface area contributed by atoms with E-state index in [1.807, 2.05) is 5.32 Å². The lowest BCUT2D eigenvalue weighted by Crippen LogP contribution is -2.54. The maximum atomic E-state index is 14.7. The van der Waals surface area contributed by atoms with Gasteiger partial charge in [0.1, 0.15) is 0 Å². The minimum Gasteiger partial charge on any atom is -0.355 e. The van der Waals surface area contributed by atoms with E-state index in [-0.39, 0.29) is 28.8 Å². The van der Waals surface area contributed by atoms with Crippen molar-refractivity contribution < 1.29 is 66.7 Å². The molecular weight excluding hydrogens is 655 g/mol. The molecule has 46 heavy (non-hydrogen) atoms. The van der Waals surface area contributed by atoms with Crippen LogP contribution in [0.5, 0.6) is 0 Å². The zero-order valence-corrected chi connectivity index (χ0v) is 23.5. The molecule has 0 saturated carbocycles. The number of nitrogens with one attached hydrogen (secondary N) is 2. The lowest BCUT2D eigenvalue weighted by Gasteiger charge is -2.38. The number of amides is 2. The van der Waals surface area contributed by atoms with Gasteiger partial charge in [-0.05, 0) is 66.4 Å². The average molecular weight is 676 g/mol. The third-order valence-corrected chi connectivity index (χ3v) is 7.33. The number of aryl methyl sites for hydroxylation is 1. The molecule has 0 aromatic heterocycles. The SMILES string of the molecule is CNC(=O)c1ccc(C(c2ccc(C(=O)Nc3cc(C(F)(C(F)(F)F)C(F)(F)F)cc(C)c3C)cc2)(C(F)(F)F)C(F)(F)F)cc1. The maximum absolute atomic E-state index is 14.7. The summed E-state index contributed by atoms with van der Waals surface area (Å²) in [7, 11) is 1.18. The first kappa shape index (κ1) is 36.2.